The standard InChI is InChI=1S/C34H27F3N4O4/c1-34(2)18-44-17-29(34)41-28-13-22(33(42)43)7-9-27(28)39-30(41)14-20-5-6-21(12-26(20)37)32-24(35)8-10-31(40-32)45-16-23-4-3-19(15-38)11-25(23)36/h3-13,29H,14,16-18H2,1-2H3,(H,42,43)/t29-/m1/s1. The average Bonchev–Trinajstić information content (AvgIpc) is 3.55. The summed E-state index contributed by atoms with van der Waals surface area (Å²) < 4.78 is 58.0. The molecule has 1 fully saturated rings. The Morgan fingerprint density at radius 1 is 1.02 bits per heavy atom. The second-order valence-corrected chi connectivity index (χ2v) is 11.6. The lowest BCUT2D eigenvalue weighted by molar-refractivity contribution is 0.0697. The van der Waals surface area contributed by atoms with E-state index in [-0.39, 0.29) is 58.3 Å². The number of halogens is 3. The molecule has 1 atom stereocenters. The van der Waals surface area contributed by atoms with E-state index in [9.17, 15) is 18.7 Å². The number of pyridine rings is 1. The van der Waals surface area contributed by atoms with Crippen molar-refractivity contribution in [1.82, 2.24) is 14.5 Å². The number of imidazole rings is 1. The molecule has 0 spiro atoms. The number of carbonyl (C=O) groups is 1. The van der Waals surface area contributed by atoms with Crippen LogP contribution in [0.1, 0.15) is 52.8 Å². The largest absolute Gasteiger partial charge is 0.478 e. The molecule has 6 rings (SSSR count). The Kier molecular flexibility index (Phi) is 7.76. The first-order valence-corrected chi connectivity index (χ1v) is 14.1. The first kappa shape index (κ1) is 29.8. The normalized spacial score (nSPS) is 15.7. The number of ether oxygens (including phenoxy) is 2. The Morgan fingerprint density at radius 3 is 2.49 bits per heavy atom. The maximum Gasteiger partial charge on any atom is 0.335 e. The zero-order valence-electron chi connectivity index (χ0n) is 24.4. The Bertz CT molecular complexity index is 2000. The van der Waals surface area contributed by atoms with Gasteiger partial charge < -0.3 is 19.1 Å². The second-order valence-electron chi connectivity index (χ2n) is 11.6. The Labute approximate surface area is 256 Å². The van der Waals surface area contributed by atoms with E-state index >= 15 is 4.39 Å². The van der Waals surface area contributed by atoms with Crippen molar-refractivity contribution in [3.63, 3.8) is 0 Å². The van der Waals surface area contributed by atoms with Gasteiger partial charge >= 0.3 is 5.97 Å². The summed E-state index contributed by atoms with van der Waals surface area (Å²) in [5.74, 6) is -2.43. The van der Waals surface area contributed by atoms with Gasteiger partial charge in [0, 0.05) is 29.0 Å². The van der Waals surface area contributed by atoms with Crippen molar-refractivity contribution in [3.8, 4) is 23.2 Å². The van der Waals surface area contributed by atoms with Gasteiger partial charge in [0.1, 0.15) is 35.6 Å². The molecule has 3 heterocycles. The number of hydrogen-bond acceptors (Lipinski definition) is 6. The van der Waals surface area contributed by atoms with Crippen molar-refractivity contribution in [2.24, 2.45) is 5.41 Å². The van der Waals surface area contributed by atoms with Gasteiger partial charge in [-0.05, 0) is 48.0 Å². The maximum atomic E-state index is 15.6. The minimum absolute atomic E-state index is 0.00971. The molecular weight excluding hydrogens is 585 g/mol. The molecule has 0 bridgehead atoms. The van der Waals surface area contributed by atoms with Crippen LogP contribution in [0, 0.1) is 34.2 Å². The molecule has 3 aromatic carbocycles. The number of hydrogen-bond donors (Lipinski definition) is 1. The average molecular weight is 613 g/mol. The molecule has 0 radical (unpaired) electrons. The number of nitrogens with zero attached hydrogens (tertiary/aromatic N) is 4. The van der Waals surface area contributed by atoms with Crippen molar-refractivity contribution >= 4 is 17.0 Å². The van der Waals surface area contributed by atoms with E-state index in [0.717, 1.165) is 12.1 Å². The molecule has 5 aromatic rings. The minimum atomic E-state index is -1.06. The quantitative estimate of drug-likeness (QED) is 0.204. The number of aromatic carboxylic acids is 1. The molecule has 0 saturated carbocycles. The first-order valence-electron chi connectivity index (χ1n) is 14.1. The van der Waals surface area contributed by atoms with E-state index in [4.69, 9.17) is 19.7 Å². The predicted octanol–water partition coefficient (Wildman–Crippen LogP) is 6.85. The minimum Gasteiger partial charge on any atom is -0.478 e. The van der Waals surface area contributed by atoms with Crippen molar-refractivity contribution in [2.75, 3.05) is 13.2 Å². The molecule has 0 aliphatic carbocycles. The lowest BCUT2D eigenvalue weighted by Crippen LogP contribution is -2.27. The van der Waals surface area contributed by atoms with Crippen LogP contribution in [0.4, 0.5) is 13.2 Å². The fourth-order valence-corrected chi connectivity index (χ4v) is 5.53. The maximum absolute atomic E-state index is 15.6. The summed E-state index contributed by atoms with van der Waals surface area (Å²) in [6.07, 6.45) is 0.0883. The van der Waals surface area contributed by atoms with Crippen LogP contribution in [0.15, 0.2) is 66.7 Å². The van der Waals surface area contributed by atoms with Crippen LogP contribution in [-0.2, 0) is 17.8 Å². The predicted molar refractivity (Wildman–Crippen MR) is 158 cm³/mol. The topological polar surface area (TPSA) is 110 Å². The molecular formula is C34H27F3N4O4. The number of nitriles is 1. The van der Waals surface area contributed by atoms with Crippen molar-refractivity contribution in [3.05, 3.63) is 112 Å². The SMILES string of the molecule is CC1(C)COC[C@H]1n1c(Cc2ccc(-c3nc(OCc4ccc(C#N)cc4F)ccc3F)cc2F)nc2ccc(C(=O)O)cc21. The van der Waals surface area contributed by atoms with Crippen molar-refractivity contribution < 1.29 is 32.5 Å². The smallest absolute Gasteiger partial charge is 0.335 e. The first-order chi connectivity index (χ1) is 21.5. The number of carboxylic acids is 1. The fraction of sp³-hybridized carbons (Fsp3) is 0.235. The molecule has 2 aromatic heterocycles. The van der Waals surface area contributed by atoms with Gasteiger partial charge in [-0.1, -0.05) is 32.0 Å². The van der Waals surface area contributed by atoms with Crippen LogP contribution in [0.2, 0.25) is 0 Å². The number of benzene rings is 3. The highest BCUT2D eigenvalue weighted by Gasteiger charge is 2.39. The van der Waals surface area contributed by atoms with Crippen molar-refractivity contribution in [1.29, 1.82) is 5.26 Å². The molecule has 1 N–H and O–H groups in total. The number of rotatable bonds is 8. The number of carboxylic acid groups (broad SMARTS) is 1. The summed E-state index contributed by atoms with van der Waals surface area (Å²) in [6.45, 7) is 4.79. The molecule has 1 saturated heterocycles. The van der Waals surface area contributed by atoms with E-state index in [1.807, 2.05) is 10.6 Å². The third-order valence-electron chi connectivity index (χ3n) is 8.03. The summed E-state index contributed by atoms with van der Waals surface area (Å²) in [5, 5.41) is 18.5. The highest BCUT2D eigenvalue weighted by atomic mass is 19.1. The molecule has 45 heavy (non-hydrogen) atoms. The van der Waals surface area contributed by atoms with E-state index in [1.54, 1.807) is 18.2 Å². The van der Waals surface area contributed by atoms with Gasteiger partial charge in [-0.25, -0.2) is 27.9 Å². The Balaban J connectivity index is 1.29. The molecule has 0 unspecified atom stereocenters. The van der Waals surface area contributed by atoms with E-state index in [0.29, 0.717) is 35.6 Å². The van der Waals surface area contributed by atoms with Gasteiger partial charge in [0.05, 0.1) is 47.5 Å². The van der Waals surface area contributed by atoms with Crippen LogP contribution in [-0.4, -0.2) is 38.8 Å². The van der Waals surface area contributed by atoms with Gasteiger partial charge in [0.15, 0.2) is 0 Å². The highest BCUT2D eigenvalue weighted by Crippen LogP contribution is 2.40. The third kappa shape index (κ3) is 5.84. The zero-order valence-corrected chi connectivity index (χ0v) is 24.4. The highest BCUT2D eigenvalue weighted by molar-refractivity contribution is 5.92. The summed E-state index contributed by atoms with van der Waals surface area (Å²) in [4.78, 5) is 20.6. The summed E-state index contributed by atoms with van der Waals surface area (Å²) in [7, 11) is 0. The fourth-order valence-electron chi connectivity index (χ4n) is 5.53. The van der Waals surface area contributed by atoms with E-state index in [2.05, 4.69) is 18.8 Å². The summed E-state index contributed by atoms with van der Waals surface area (Å²) in [5.41, 5.74) is 1.73. The van der Waals surface area contributed by atoms with Crippen LogP contribution >= 0.6 is 0 Å². The number of fused-ring (bicyclic) bond motifs is 1. The molecule has 1 aliphatic rings. The van der Waals surface area contributed by atoms with Gasteiger partial charge in [0.25, 0.3) is 0 Å². The van der Waals surface area contributed by atoms with Crippen LogP contribution in [0.3, 0.4) is 0 Å². The van der Waals surface area contributed by atoms with Gasteiger partial charge in [-0.15, -0.1) is 0 Å². The van der Waals surface area contributed by atoms with E-state index in [1.165, 1.54) is 36.4 Å². The monoisotopic (exact) mass is 612 g/mol. The molecule has 0 amide bonds. The lowest BCUT2D eigenvalue weighted by atomic mass is 9.87. The van der Waals surface area contributed by atoms with Crippen LogP contribution < -0.4 is 4.74 Å². The second kappa shape index (κ2) is 11.7. The van der Waals surface area contributed by atoms with Gasteiger partial charge in [0.2, 0.25) is 5.88 Å². The van der Waals surface area contributed by atoms with Gasteiger partial charge in [-0.3, -0.25) is 0 Å². The Morgan fingerprint density at radius 2 is 1.80 bits per heavy atom. The van der Waals surface area contributed by atoms with E-state index < -0.39 is 23.4 Å². The lowest BCUT2D eigenvalue weighted by Gasteiger charge is -2.28. The molecule has 228 valence electrons. The van der Waals surface area contributed by atoms with Crippen LogP contribution in [0.5, 0.6) is 5.88 Å². The molecule has 8 nitrogen and oxygen atoms in total. The number of aromatic nitrogens is 3. The van der Waals surface area contributed by atoms with Crippen LogP contribution in [0.25, 0.3) is 22.3 Å². The Hall–Kier alpha value is -5.21. The molecule has 1 aliphatic heterocycles. The molecule has 11 heteroatoms. The summed E-state index contributed by atoms with van der Waals surface area (Å²) in [6, 6.07) is 17.1. The zero-order chi connectivity index (χ0) is 31.9. The van der Waals surface area contributed by atoms with Gasteiger partial charge in [-0.2, -0.15) is 5.26 Å². The summed E-state index contributed by atoms with van der Waals surface area (Å²) >= 11 is 0. The third-order valence-corrected chi connectivity index (χ3v) is 8.03. The van der Waals surface area contributed by atoms with Crippen molar-refractivity contribution in [2.45, 2.75) is 32.9 Å².